The third kappa shape index (κ3) is 3.19. The standard InChI is InChI=1S/C12H14N2O5/c15-11(7-1-2-7)6-13-9-4-3-8(12(16)17)5-10(9)14(18)19/h3-5,7,11,13,15H,1-2,6H2,(H,16,17). The van der Waals surface area contributed by atoms with Gasteiger partial charge in [-0.1, -0.05) is 0 Å². The first kappa shape index (κ1) is 13.3. The number of hydrogen-bond acceptors (Lipinski definition) is 5. The lowest BCUT2D eigenvalue weighted by atomic mass is 10.1. The van der Waals surface area contributed by atoms with Crippen molar-refractivity contribution in [3.05, 3.63) is 33.9 Å². The zero-order valence-electron chi connectivity index (χ0n) is 10.1. The molecule has 1 aromatic rings. The molecule has 0 spiro atoms. The van der Waals surface area contributed by atoms with Gasteiger partial charge < -0.3 is 15.5 Å². The first-order valence-electron chi connectivity index (χ1n) is 5.92. The van der Waals surface area contributed by atoms with E-state index in [0.717, 1.165) is 18.9 Å². The summed E-state index contributed by atoms with van der Waals surface area (Å²) in [5.41, 5.74) is -0.224. The molecule has 0 aliphatic heterocycles. The number of aliphatic hydroxyl groups excluding tert-OH is 1. The van der Waals surface area contributed by atoms with Gasteiger partial charge in [-0.15, -0.1) is 0 Å². The second-order valence-corrected chi connectivity index (χ2v) is 4.58. The molecule has 0 radical (unpaired) electrons. The Balaban J connectivity index is 2.13. The monoisotopic (exact) mass is 266 g/mol. The summed E-state index contributed by atoms with van der Waals surface area (Å²) < 4.78 is 0. The molecule has 7 nitrogen and oxygen atoms in total. The van der Waals surface area contributed by atoms with Gasteiger partial charge in [0, 0.05) is 12.6 Å². The smallest absolute Gasteiger partial charge is 0.335 e. The number of carboxylic acid groups (broad SMARTS) is 1. The molecule has 1 aliphatic rings. The van der Waals surface area contributed by atoms with Crippen LogP contribution in [0.4, 0.5) is 11.4 Å². The van der Waals surface area contributed by atoms with Crippen molar-refractivity contribution in [2.75, 3.05) is 11.9 Å². The van der Waals surface area contributed by atoms with E-state index in [1.807, 2.05) is 0 Å². The molecule has 0 heterocycles. The molecule has 1 aromatic carbocycles. The topological polar surface area (TPSA) is 113 Å². The van der Waals surface area contributed by atoms with Crippen LogP contribution in [-0.4, -0.2) is 33.8 Å². The highest BCUT2D eigenvalue weighted by Crippen LogP contribution is 2.33. The number of aromatic carboxylic acids is 1. The highest BCUT2D eigenvalue weighted by Gasteiger charge is 2.29. The van der Waals surface area contributed by atoms with Crippen molar-refractivity contribution in [1.29, 1.82) is 0 Å². The van der Waals surface area contributed by atoms with E-state index >= 15 is 0 Å². The quantitative estimate of drug-likeness (QED) is 0.531. The SMILES string of the molecule is O=C(O)c1ccc(NCC(O)C2CC2)c([N+](=O)[O-])c1. The number of nitrogens with zero attached hydrogens (tertiary/aromatic N) is 1. The minimum absolute atomic E-state index is 0.139. The van der Waals surface area contributed by atoms with Gasteiger partial charge in [0.2, 0.25) is 0 Å². The Bertz CT molecular complexity index is 513. The van der Waals surface area contributed by atoms with Crippen LogP contribution in [0, 0.1) is 16.0 Å². The minimum Gasteiger partial charge on any atom is -0.478 e. The highest BCUT2D eigenvalue weighted by molar-refractivity contribution is 5.89. The van der Waals surface area contributed by atoms with Crippen molar-refractivity contribution >= 4 is 17.3 Å². The molecule has 102 valence electrons. The van der Waals surface area contributed by atoms with Gasteiger partial charge in [-0.05, 0) is 30.9 Å². The van der Waals surface area contributed by atoms with Crippen LogP contribution in [0.15, 0.2) is 18.2 Å². The predicted molar refractivity (Wildman–Crippen MR) is 67.3 cm³/mol. The van der Waals surface area contributed by atoms with Crippen molar-refractivity contribution in [3.8, 4) is 0 Å². The molecule has 1 unspecified atom stereocenters. The lowest BCUT2D eigenvalue weighted by Crippen LogP contribution is -2.21. The van der Waals surface area contributed by atoms with E-state index in [2.05, 4.69) is 5.32 Å². The Labute approximate surface area is 109 Å². The Hall–Kier alpha value is -2.15. The maximum absolute atomic E-state index is 10.9. The summed E-state index contributed by atoms with van der Waals surface area (Å²) in [5, 5.41) is 32.2. The predicted octanol–water partition coefficient (Wildman–Crippen LogP) is 1.48. The van der Waals surface area contributed by atoms with Crippen LogP contribution in [0.2, 0.25) is 0 Å². The van der Waals surface area contributed by atoms with Gasteiger partial charge in [0.1, 0.15) is 5.69 Å². The third-order valence-electron chi connectivity index (χ3n) is 3.11. The van der Waals surface area contributed by atoms with E-state index in [4.69, 9.17) is 5.11 Å². The van der Waals surface area contributed by atoms with Crippen LogP contribution in [-0.2, 0) is 0 Å². The van der Waals surface area contributed by atoms with Crippen molar-refractivity contribution in [3.63, 3.8) is 0 Å². The summed E-state index contributed by atoms with van der Waals surface area (Å²) in [4.78, 5) is 21.0. The first-order valence-corrected chi connectivity index (χ1v) is 5.92. The lowest BCUT2D eigenvalue weighted by Gasteiger charge is -2.12. The number of benzene rings is 1. The number of carbonyl (C=O) groups is 1. The molecule has 0 saturated heterocycles. The largest absolute Gasteiger partial charge is 0.478 e. The van der Waals surface area contributed by atoms with Crippen LogP contribution in [0.5, 0.6) is 0 Å². The average Bonchev–Trinajstić information content (AvgIpc) is 3.19. The van der Waals surface area contributed by atoms with E-state index in [1.165, 1.54) is 12.1 Å². The molecule has 1 saturated carbocycles. The maximum Gasteiger partial charge on any atom is 0.335 e. The molecule has 3 N–H and O–H groups in total. The summed E-state index contributed by atoms with van der Waals surface area (Å²) in [6.45, 7) is 0.220. The molecular weight excluding hydrogens is 252 g/mol. The van der Waals surface area contributed by atoms with Crippen LogP contribution < -0.4 is 5.32 Å². The molecule has 0 aromatic heterocycles. The second kappa shape index (κ2) is 5.23. The lowest BCUT2D eigenvalue weighted by molar-refractivity contribution is -0.384. The van der Waals surface area contributed by atoms with Gasteiger partial charge in [-0.2, -0.15) is 0 Å². The van der Waals surface area contributed by atoms with Crippen LogP contribution in [0.25, 0.3) is 0 Å². The van der Waals surface area contributed by atoms with Gasteiger partial charge in [0.05, 0.1) is 16.6 Å². The molecule has 19 heavy (non-hydrogen) atoms. The average molecular weight is 266 g/mol. The number of anilines is 1. The number of nitro benzene ring substituents is 1. The fourth-order valence-electron chi connectivity index (χ4n) is 1.83. The van der Waals surface area contributed by atoms with Gasteiger partial charge in [0.15, 0.2) is 0 Å². The zero-order chi connectivity index (χ0) is 14.0. The molecule has 1 aliphatic carbocycles. The first-order chi connectivity index (χ1) is 8.99. The molecule has 7 heteroatoms. The van der Waals surface area contributed by atoms with Gasteiger partial charge in [0.25, 0.3) is 5.69 Å². The van der Waals surface area contributed by atoms with Gasteiger partial charge in [-0.3, -0.25) is 10.1 Å². The summed E-state index contributed by atoms with van der Waals surface area (Å²) in [6, 6.07) is 3.65. The Morgan fingerprint density at radius 2 is 2.21 bits per heavy atom. The van der Waals surface area contributed by atoms with E-state index in [0.29, 0.717) is 0 Å². The fraction of sp³-hybridized carbons (Fsp3) is 0.417. The van der Waals surface area contributed by atoms with Crippen LogP contribution >= 0.6 is 0 Å². The summed E-state index contributed by atoms with van der Waals surface area (Å²) in [6.07, 6.45) is 1.42. The van der Waals surface area contributed by atoms with Gasteiger partial charge >= 0.3 is 5.97 Å². The van der Waals surface area contributed by atoms with Crippen molar-refractivity contribution in [2.45, 2.75) is 18.9 Å². The molecule has 1 atom stereocenters. The van der Waals surface area contributed by atoms with Crippen molar-refractivity contribution in [1.82, 2.24) is 0 Å². The number of nitrogens with one attached hydrogen (secondary N) is 1. The maximum atomic E-state index is 10.9. The Kier molecular flexibility index (Phi) is 3.66. The second-order valence-electron chi connectivity index (χ2n) is 4.58. The fourth-order valence-corrected chi connectivity index (χ4v) is 1.83. The molecule has 1 fully saturated rings. The van der Waals surface area contributed by atoms with E-state index < -0.39 is 17.0 Å². The summed E-state index contributed by atoms with van der Waals surface area (Å²) >= 11 is 0. The summed E-state index contributed by atoms with van der Waals surface area (Å²) in [7, 11) is 0. The molecule has 2 rings (SSSR count). The number of aliphatic hydroxyl groups is 1. The molecule has 0 amide bonds. The molecular formula is C12H14N2O5. The number of hydrogen-bond donors (Lipinski definition) is 3. The van der Waals surface area contributed by atoms with Crippen molar-refractivity contribution < 1.29 is 19.9 Å². The van der Waals surface area contributed by atoms with Crippen LogP contribution in [0.3, 0.4) is 0 Å². The summed E-state index contributed by atoms with van der Waals surface area (Å²) in [5.74, 6) is -0.947. The minimum atomic E-state index is -1.22. The van der Waals surface area contributed by atoms with E-state index in [1.54, 1.807) is 0 Å². The molecule has 0 bridgehead atoms. The highest BCUT2D eigenvalue weighted by atomic mass is 16.6. The Morgan fingerprint density at radius 1 is 1.53 bits per heavy atom. The zero-order valence-corrected chi connectivity index (χ0v) is 10.1. The van der Waals surface area contributed by atoms with Crippen LogP contribution in [0.1, 0.15) is 23.2 Å². The van der Waals surface area contributed by atoms with Crippen molar-refractivity contribution in [2.24, 2.45) is 5.92 Å². The Morgan fingerprint density at radius 3 is 2.74 bits per heavy atom. The normalized spacial score (nSPS) is 15.8. The van der Waals surface area contributed by atoms with Gasteiger partial charge in [-0.25, -0.2) is 4.79 Å². The van der Waals surface area contributed by atoms with E-state index in [-0.39, 0.29) is 29.4 Å². The third-order valence-corrected chi connectivity index (χ3v) is 3.11. The number of rotatable bonds is 6. The number of nitro groups is 1. The number of carboxylic acids is 1. The van der Waals surface area contributed by atoms with E-state index in [9.17, 15) is 20.0 Å².